The average molecular weight is 674 g/mol. The lowest BCUT2D eigenvalue weighted by Gasteiger charge is -2.26. The molecule has 0 unspecified atom stereocenters. The van der Waals surface area contributed by atoms with Gasteiger partial charge in [-0.05, 0) is 125 Å². The molecular weight excluding hydrogens is 639 g/mol. The van der Waals surface area contributed by atoms with Gasteiger partial charge in [-0.2, -0.15) is 0 Å². The van der Waals surface area contributed by atoms with Gasteiger partial charge in [-0.3, -0.25) is 0 Å². The van der Waals surface area contributed by atoms with Crippen LogP contribution in [-0.2, 0) is 0 Å². The lowest BCUT2D eigenvalue weighted by Crippen LogP contribution is -2.09. The highest BCUT2D eigenvalue weighted by Gasteiger charge is 2.16. The second-order valence-corrected chi connectivity index (χ2v) is 13.8. The van der Waals surface area contributed by atoms with E-state index in [4.69, 9.17) is 0 Å². The smallest absolute Gasteiger partial charge is 0.0462 e. The Hall–Kier alpha value is -6.96. The molecule has 0 aliphatic carbocycles. The normalized spacial score (nSPS) is 11.4. The van der Waals surface area contributed by atoms with E-state index in [0.29, 0.717) is 0 Å². The maximum Gasteiger partial charge on any atom is 0.0462 e. The predicted octanol–water partition coefficient (Wildman–Crippen LogP) is 14.8. The van der Waals surface area contributed by atoms with Crippen LogP contribution in [0.3, 0.4) is 0 Å². The molecule has 10 aromatic carbocycles. The summed E-state index contributed by atoms with van der Waals surface area (Å²) in [6.45, 7) is 0. The number of hydrogen-bond acceptors (Lipinski definition) is 1. The highest BCUT2D eigenvalue weighted by atomic mass is 15.1. The zero-order chi connectivity index (χ0) is 35.1. The molecule has 53 heavy (non-hydrogen) atoms. The fraction of sp³-hybridized carbons (Fsp3) is 0. The molecule has 0 aromatic heterocycles. The summed E-state index contributed by atoms with van der Waals surface area (Å²) in [4.78, 5) is 2.36. The van der Waals surface area contributed by atoms with Crippen LogP contribution in [0.4, 0.5) is 17.1 Å². The van der Waals surface area contributed by atoms with Crippen molar-refractivity contribution in [2.45, 2.75) is 0 Å². The van der Waals surface area contributed by atoms with Crippen LogP contribution in [-0.4, -0.2) is 0 Å². The summed E-state index contributed by atoms with van der Waals surface area (Å²) in [5.41, 5.74) is 10.6. The van der Waals surface area contributed by atoms with Gasteiger partial charge < -0.3 is 4.90 Å². The van der Waals surface area contributed by atoms with Crippen molar-refractivity contribution in [1.82, 2.24) is 0 Å². The first-order valence-corrected chi connectivity index (χ1v) is 18.3. The number of rotatable bonds is 6. The van der Waals surface area contributed by atoms with Crippen molar-refractivity contribution in [3.05, 3.63) is 212 Å². The van der Waals surface area contributed by atoms with Crippen molar-refractivity contribution < 1.29 is 0 Å². The number of fused-ring (bicyclic) bond motifs is 6. The third-order valence-electron chi connectivity index (χ3n) is 10.6. The van der Waals surface area contributed by atoms with Gasteiger partial charge in [0.25, 0.3) is 0 Å². The molecule has 0 fully saturated rings. The Bertz CT molecular complexity index is 2910. The van der Waals surface area contributed by atoms with E-state index in [0.717, 1.165) is 17.1 Å². The quantitative estimate of drug-likeness (QED) is 0.159. The van der Waals surface area contributed by atoms with Gasteiger partial charge in [-0.1, -0.05) is 164 Å². The van der Waals surface area contributed by atoms with Crippen LogP contribution in [0.1, 0.15) is 0 Å². The molecule has 0 heterocycles. The molecule has 10 rings (SSSR count). The molecule has 0 saturated heterocycles. The van der Waals surface area contributed by atoms with Crippen LogP contribution >= 0.6 is 0 Å². The molecule has 0 bridgehead atoms. The van der Waals surface area contributed by atoms with E-state index in [1.807, 2.05) is 0 Å². The molecule has 0 radical (unpaired) electrons. The fourth-order valence-corrected chi connectivity index (χ4v) is 7.94. The van der Waals surface area contributed by atoms with Crippen LogP contribution in [0.5, 0.6) is 0 Å². The molecule has 0 spiro atoms. The van der Waals surface area contributed by atoms with Gasteiger partial charge in [0.15, 0.2) is 0 Å². The van der Waals surface area contributed by atoms with Crippen LogP contribution < -0.4 is 4.90 Å². The number of anilines is 3. The summed E-state index contributed by atoms with van der Waals surface area (Å²) in [6.07, 6.45) is 0. The molecule has 0 atom stereocenters. The molecular formula is C52H35N. The van der Waals surface area contributed by atoms with Gasteiger partial charge in [0, 0.05) is 17.1 Å². The van der Waals surface area contributed by atoms with Crippen LogP contribution in [0.15, 0.2) is 212 Å². The minimum atomic E-state index is 1.11. The van der Waals surface area contributed by atoms with Crippen molar-refractivity contribution in [1.29, 1.82) is 0 Å². The molecule has 0 aliphatic rings. The Kier molecular flexibility index (Phi) is 7.55. The maximum absolute atomic E-state index is 2.39. The second kappa shape index (κ2) is 13.0. The minimum absolute atomic E-state index is 1.11. The van der Waals surface area contributed by atoms with Crippen LogP contribution in [0.2, 0.25) is 0 Å². The zero-order valence-electron chi connectivity index (χ0n) is 29.2. The fourth-order valence-electron chi connectivity index (χ4n) is 7.94. The van der Waals surface area contributed by atoms with Gasteiger partial charge >= 0.3 is 0 Å². The molecule has 1 heteroatoms. The Morgan fingerprint density at radius 2 is 0.679 bits per heavy atom. The number of hydrogen-bond donors (Lipinski definition) is 0. The molecule has 0 aliphatic heterocycles. The van der Waals surface area contributed by atoms with Gasteiger partial charge in [0.05, 0.1) is 0 Å². The SMILES string of the molecule is c1ccc(-c2ccc(N(c3ccc(-c4ccc5ccccc5c4)cc3)c3ccc(-c4cc5c6ccccc6ccc5c5ccccc45)cc3)cc2)cc1. The van der Waals surface area contributed by atoms with Crippen molar-refractivity contribution in [2.75, 3.05) is 4.90 Å². The van der Waals surface area contributed by atoms with E-state index >= 15 is 0 Å². The molecule has 0 amide bonds. The minimum Gasteiger partial charge on any atom is -0.311 e. The highest BCUT2D eigenvalue weighted by Crippen LogP contribution is 2.41. The predicted molar refractivity (Wildman–Crippen MR) is 227 cm³/mol. The summed E-state index contributed by atoms with van der Waals surface area (Å²) < 4.78 is 0. The van der Waals surface area contributed by atoms with Crippen molar-refractivity contribution in [2.24, 2.45) is 0 Å². The molecule has 10 aromatic rings. The zero-order valence-corrected chi connectivity index (χ0v) is 29.2. The second-order valence-electron chi connectivity index (χ2n) is 13.8. The standard InChI is InChI=1S/C52H35N/c1-2-10-36(11-3-1)38-20-27-44(28-21-38)53(45-29-22-39(23-30-45)43-19-18-37-12-4-5-14-42(37)34-43)46-31-24-41(25-32-46)51-35-52-47-15-7-6-13-40(47)26-33-50(52)48-16-8-9-17-49(48)51/h1-35H. The molecule has 0 saturated carbocycles. The Morgan fingerprint density at radius 3 is 1.36 bits per heavy atom. The summed E-state index contributed by atoms with van der Waals surface area (Å²) in [5.74, 6) is 0. The number of nitrogens with zero attached hydrogens (tertiary/aromatic N) is 1. The lowest BCUT2D eigenvalue weighted by atomic mass is 9.91. The van der Waals surface area contributed by atoms with E-state index in [2.05, 4.69) is 217 Å². The monoisotopic (exact) mass is 673 g/mol. The van der Waals surface area contributed by atoms with E-state index < -0.39 is 0 Å². The van der Waals surface area contributed by atoms with Crippen LogP contribution in [0.25, 0.3) is 76.5 Å². The Morgan fingerprint density at radius 1 is 0.226 bits per heavy atom. The summed E-state index contributed by atoms with van der Waals surface area (Å²) in [5, 5.41) is 10.2. The van der Waals surface area contributed by atoms with E-state index in [1.54, 1.807) is 0 Å². The Labute approximate surface area is 309 Å². The van der Waals surface area contributed by atoms with Gasteiger partial charge in [-0.25, -0.2) is 0 Å². The summed E-state index contributed by atoms with van der Waals surface area (Å²) >= 11 is 0. The average Bonchev–Trinajstić information content (AvgIpc) is 3.24. The molecule has 1 nitrogen and oxygen atoms in total. The first-order valence-electron chi connectivity index (χ1n) is 18.3. The topological polar surface area (TPSA) is 3.24 Å². The third-order valence-corrected chi connectivity index (χ3v) is 10.6. The third kappa shape index (κ3) is 5.60. The maximum atomic E-state index is 2.39. The van der Waals surface area contributed by atoms with Crippen molar-refractivity contribution >= 4 is 60.2 Å². The first kappa shape index (κ1) is 30.8. The summed E-state index contributed by atoms with van der Waals surface area (Å²) in [7, 11) is 0. The van der Waals surface area contributed by atoms with Gasteiger partial charge in [0.2, 0.25) is 0 Å². The largest absolute Gasteiger partial charge is 0.311 e. The van der Waals surface area contributed by atoms with Crippen molar-refractivity contribution in [3.63, 3.8) is 0 Å². The molecule has 248 valence electrons. The van der Waals surface area contributed by atoms with Crippen molar-refractivity contribution in [3.8, 4) is 33.4 Å². The van der Waals surface area contributed by atoms with E-state index in [1.165, 1.54) is 76.5 Å². The van der Waals surface area contributed by atoms with Gasteiger partial charge in [0.1, 0.15) is 0 Å². The van der Waals surface area contributed by atoms with Gasteiger partial charge in [-0.15, -0.1) is 0 Å². The van der Waals surface area contributed by atoms with E-state index in [-0.39, 0.29) is 0 Å². The van der Waals surface area contributed by atoms with E-state index in [9.17, 15) is 0 Å². The highest BCUT2D eigenvalue weighted by molar-refractivity contribution is 6.21. The molecule has 0 N–H and O–H groups in total. The van der Waals surface area contributed by atoms with Crippen LogP contribution in [0, 0.1) is 0 Å². The Balaban J connectivity index is 1.07. The summed E-state index contributed by atoms with van der Waals surface area (Å²) in [6, 6.07) is 77.2. The first-order chi connectivity index (χ1) is 26.3. The lowest BCUT2D eigenvalue weighted by molar-refractivity contribution is 1.28. The number of benzene rings is 10.